The number of rotatable bonds is 6. The van der Waals surface area contributed by atoms with Gasteiger partial charge < -0.3 is 19.2 Å². The van der Waals surface area contributed by atoms with Crippen LogP contribution in [0.3, 0.4) is 0 Å². The molecule has 0 atom stereocenters. The number of hydrogen-bond acceptors (Lipinski definition) is 9. The molecule has 0 spiro atoms. The van der Waals surface area contributed by atoms with Gasteiger partial charge in [0, 0.05) is 5.69 Å². The van der Waals surface area contributed by atoms with Crippen LogP contribution in [0.25, 0.3) is 11.6 Å². The summed E-state index contributed by atoms with van der Waals surface area (Å²) in [5.74, 6) is -1.24. The Morgan fingerprint density at radius 2 is 1.76 bits per heavy atom. The summed E-state index contributed by atoms with van der Waals surface area (Å²) in [6.07, 6.45) is 0. The minimum absolute atomic E-state index is 0.0789. The maximum absolute atomic E-state index is 12.3. The van der Waals surface area contributed by atoms with Gasteiger partial charge in [-0.25, -0.2) is 9.59 Å². The van der Waals surface area contributed by atoms with Crippen LogP contribution in [0.5, 0.6) is 0 Å². The smallest absolute Gasteiger partial charge is 0.337 e. The van der Waals surface area contributed by atoms with Gasteiger partial charge >= 0.3 is 11.9 Å². The highest BCUT2D eigenvalue weighted by Crippen LogP contribution is 2.21. The molecule has 0 radical (unpaired) electrons. The van der Waals surface area contributed by atoms with Gasteiger partial charge in [-0.2, -0.15) is 4.80 Å². The second kappa shape index (κ2) is 8.65. The van der Waals surface area contributed by atoms with Crippen molar-refractivity contribution in [3.05, 3.63) is 46.1 Å². The summed E-state index contributed by atoms with van der Waals surface area (Å²) >= 11 is 3.18. The first-order valence-corrected chi connectivity index (χ1v) is 8.84. The maximum atomic E-state index is 12.3. The number of halogens is 1. The summed E-state index contributed by atoms with van der Waals surface area (Å²) in [4.78, 5) is 37.0. The van der Waals surface area contributed by atoms with E-state index in [1.54, 1.807) is 12.1 Å². The van der Waals surface area contributed by atoms with E-state index in [2.05, 4.69) is 46.1 Å². The van der Waals surface area contributed by atoms with Gasteiger partial charge in [-0.3, -0.25) is 4.79 Å². The van der Waals surface area contributed by atoms with E-state index < -0.39 is 17.8 Å². The van der Waals surface area contributed by atoms with Gasteiger partial charge in [0.05, 0.1) is 25.3 Å². The van der Waals surface area contributed by atoms with E-state index in [1.807, 2.05) is 0 Å². The van der Waals surface area contributed by atoms with Crippen LogP contribution in [0.2, 0.25) is 0 Å². The number of ether oxygens (including phenoxy) is 2. The number of esters is 2. The number of hydrogen-bond donors (Lipinski definition) is 1. The molecule has 0 aliphatic rings. The van der Waals surface area contributed by atoms with Crippen LogP contribution >= 0.6 is 15.9 Å². The molecule has 1 N–H and O–H groups in total. The average molecular weight is 464 g/mol. The van der Waals surface area contributed by atoms with E-state index in [9.17, 15) is 14.4 Å². The van der Waals surface area contributed by atoms with E-state index in [-0.39, 0.29) is 29.2 Å². The minimum Gasteiger partial charge on any atom is -0.465 e. The van der Waals surface area contributed by atoms with E-state index in [0.717, 1.165) is 4.80 Å². The third-order valence-electron chi connectivity index (χ3n) is 3.59. The molecule has 0 unspecified atom stereocenters. The molecule has 12 heteroatoms. The SMILES string of the molecule is COC(=O)c1cc(NC(=O)Cn2nnc(-c3ccc(Br)o3)n2)cc(C(=O)OC)c1. The van der Waals surface area contributed by atoms with E-state index in [0.29, 0.717) is 10.4 Å². The third kappa shape index (κ3) is 4.85. The number of carbonyl (C=O) groups is 3. The first-order valence-electron chi connectivity index (χ1n) is 8.04. The van der Waals surface area contributed by atoms with Crippen LogP contribution < -0.4 is 5.32 Å². The molecule has 1 aromatic carbocycles. The molecule has 3 rings (SSSR count). The van der Waals surface area contributed by atoms with Gasteiger partial charge in [-0.05, 0) is 51.5 Å². The van der Waals surface area contributed by atoms with Crippen molar-refractivity contribution in [3.63, 3.8) is 0 Å². The highest BCUT2D eigenvalue weighted by molar-refractivity contribution is 9.10. The number of aromatic nitrogens is 4. The van der Waals surface area contributed by atoms with Gasteiger partial charge in [0.2, 0.25) is 11.7 Å². The number of nitrogens with one attached hydrogen (secondary N) is 1. The quantitative estimate of drug-likeness (QED) is 0.542. The highest BCUT2D eigenvalue weighted by Gasteiger charge is 2.16. The number of anilines is 1. The minimum atomic E-state index is -0.668. The Morgan fingerprint density at radius 1 is 1.10 bits per heavy atom. The van der Waals surface area contributed by atoms with Crippen molar-refractivity contribution in [3.8, 4) is 11.6 Å². The Hall–Kier alpha value is -3.54. The van der Waals surface area contributed by atoms with Crippen molar-refractivity contribution in [2.24, 2.45) is 0 Å². The van der Waals surface area contributed by atoms with Crippen LogP contribution in [-0.4, -0.2) is 52.3 Å². The molecule has 0 fully saturated rings. The Kier molecular flexibility index (Phi) is 6.02. The molecule has 0 saturated carbocycles. The van der Waals surface area contributed by atoms with Crippen molar-refractivity contribution >= 4 is 39.5 Å². The van der Waals surface area contributed by atoms with Crippen molar-refractivity contribution < 1.29 is 28.3 Å². The summed E-state index contributed by atoms with van der Waals surface area (Å²) < 4.78 is 15.2. The zero-order valence-electron chi connectivity index (χ0n) is 15.2. The number of methoxy groups -OCH3 is 2. The maximum Gasteiger partial charge on any atom is 0.337 e. The van der Waals surface area contributed by atoms with Gasteiger partial charge in [-0.1, -0.05) is 0 Å². The van der Waals surface area contributed by atoms with Gasteiger partial charge in [0.1, 0.15) is 6.54 Å². The monoisotopic (exact) mass is 463 g/mol. The van der Waals surface area contributed by atoms with Crippen molar-refractivity contribution in [1.82, 2.24) is 20.2 Å². The molecule has 3 aromatic rings. The third-order valence-corrected chi connectivity index (χ3v) is 4.02. The van der Waals surface area contributed by atoms with Crippen molar-refractivity contribution in [1.29, 1.82) is 0 Å². The lowest BCUT2D eigenvalue weighted by Crippen LogP contribution is -2.21. The molecule has 29 heavy (non-hydrogen) atoms. The largest absolute Gasteiger partial charge is 0.465 e. The predicted octanol–water partition coefficient (Wildman–Crippen LogP) is 1.91. The normalized spacial score (nSPS) is 10.4. The van der Waals surface area contributed by atoms with Gasteiger partial charge in [0.15, 0.2) is 10.4 Å². The molecule has 0 aliphatic carbocycles. The predicted molar refractivity (Wildman–Crippen MR) is 101 cm³/mol. The Labute approximate surface area is 172 Å². The topological polar surface area (TPSA) is 138 Å². The molecule has 2 heterocycles. The molecule has 11 nitrogen and oxygen atoms in total. The Morgan fingerprint density at radius 3 is 2.31 bits per heavy atom. The molecule has 2 aromatic heterocycles. The summed E-state index contributed by atoms with van der Waals surface area (Å²) in [5.41, 5.74) is 0.360. The molecule has 150 valence electrons. The summed E-state index contributed by atoms with van der Waals surface area (Å²) in [5, 5.41) is 14.2. The van der Waals surface area contributed by atoms with Gasteiger partial charge in [0.25, 0.3) is 0 Å². The van der Waals surface area contributed by atoms with E-state index >= 15 is 0 Å². The summed E-state index contributed by atoms with van der Waals surface area (Å²) in [6, 6.07) is 7.38. The summed E-state index contributed by atoms with van der Waals surface area (Å²) in [7, 11) is 2.41. The average Bonchev–Trinajstić information content (AvgIpc) is 3.35. The van der Waals surface area contributed by atoms with Gasteiger partial charge in [-0.15, -0.1) is 10.2 Å². The highest BCUT2D eigenvalue weighted by atomic mass is 79.9. The van der Waals surface area contributed by atoms with Crippen molar-refractivity contribution in [2.75, 3.05) is 19.5 Å². The number of tetrazole rings is 1. The number of nitrogens with zero attached hydrogens (tertiary/aromatic N) is 4. The fourth-order valence-corrected chi connectivity index (χ4v) is 2.65. The molecular weight excluding hydrogens is 450 g/mol. The Bertz CT molecular complexity index is 1040. The van der Waals surface area contributed by atoms with Crippen LogP contribution in [0, 0.1) is 0 Å². The number of amides is 1. The van der Waals surface area contributed by atoms with E-state index in [1.165, 1.54) is 32.4 Å². The number of benzene rings is 1. The van der Waals surface area contributed by atoms with Crippen LogP contribution in [0.4, 0.5) is 5.69 Å². The van der Waals surface area contributed by atoms with E-state index in [4.69, 9.17) is 4.42 Å². The second-order valence-corrected chi connectivity index (χ2v) is 6.36. The summed E-state index contributed by atoms with van der Waals surface area (Å²) in [6.45, 7) is -0.259. The lowest BCUT2D eigenvalue weighted by Gasteiger charge is -2.09. The standard InChI is InChI=1S/C17H14BrN5O6/c1-27-16(25)9-5-10(17(26)28-2)7-11(6-9)19-14(24)8-23-21-15(20-22-23)12-3-4-13(18)29-12/h3-7H,8H2,1-2H3,(H,19,24). The number of carbonyl (C=O) groups excluding carboxylic acids is 3. The zero-order chi connectivity index (χ0) is 21.0. The first kappa shape index (κ1) is 20.2. The second-order valence-electron chi connectivity index (χ2n) is 5.58. The lowest BCUT2D eigenvalue weighted by molar-refractivity contribution is -0.117. The fraction of sp³-hybridized carbons (Fsp3) is 0.176. The van der Waals surface area contributed by atoms with Crippen LogP contribution in [0.1, 0.15) is 20.7 Å². The first-order chi connectivity index (χ1) is 13.9. The van der Waals surface area contributed by atoms with Crippen molar-refractivity contribution in [2.45, 2.75) is 6.54 Å². The zero-order valence-corrected chi connectivity index (χ0v) is 16.8. The van der Waals surface area contributed by atoms with Crippen LogP contribution in [-0.2, 0) is 20.8 Å². The molecule has 0 saturated heterocycles. The van der Waals surface area contributed by atoms with Crippen LogP contribution in [0.15, 0.2) is 39.4 Å². The molecule has 1 amide bonds. The molecular formula is C17H14BrN5O6. The Balaban J connectivity index is 1.75. The lowest BCUT2D eigenvalue weighted by atomic mass is 10.1. The molecule has 0 bridgehead atoms. The number of furan rings is 1. The fourth-order valence-electron chi connectivity index (χ4n) is 2.34. The molecule has 0 aliphatic heterocycles.